The minimum absolute atomic E-state index is 0.167. The molecule has 3 nitrogen and oxygen atoms in total. The van der Waals surface area contributed by atoms with Gasteiger partial charge in [-0.1, -0.05) is 17.7 Å². The van der Waals surface area contributed by atoms with Gasteiger partial charge in [0.25, 0.3) is 0 Å². The van der Waals surface area contributed by atoms with Gasteiger partial charge in [-0.3, -0.25) is 0 Å². The van der Waals surface area contributed by atoms with Crippen LogP contribution in [-0.2, 0) is 13.5 Å². The van der Waals surface area contributed by atoms with Crippen molar-refractivity contribution in [2.75, 3.05) is 5.75 Å². The third kappa shape index (κ3) is 4.56. The van der Waals surface area contributed by atoms with E-state index >= 15 is 0 Å². The van der Waals surface area contributed by atoms with Gasteiger partial charge in [0.05, 0.1) is 0 Å². The number of imidazole rings is 1. The molecular formula is C14H18ClN3S. The highest BCUT2D eigenvalue weighted by Gasteiger charge is 2.07. The maximum Gasteiger partial charge on any atom is 0.108 e. The first-order valence-corrected chi connectivity index (χ1v) is 7.61. The lowest BCUT2D eigenvalue weighted by Crippen LogP contribution is -2.24. The van der Waals surface area contributed by atoms with Crippen LogP contribution >= 0.6 is 23.4 Å². The zero-order chi connectivity index (χ0) is 13.7. The summed E-state index contributed by atoms with van der Waals surface area (Å²) in [5.41, 5.74) is 6.14. The van der Waals surface area contributed by atoms with E-state index in [4.69, 9.17) is 17.3 Å². The number of hydrogen-bond donors (Lipinski definition) is 1. The molecule has 19 heavy (non-hydrogen) atoms. The van der Waals surface area contributed by atoms with E-state index in [2.05, 4.69) is 11.1 Å². The molecular weight excluding hydrogens is 278 g/mol. The zero-order valence-electron chi connectivity index (χ0n) is 10.9. The number of benzene rings is 1. The topological polar surface area (TPSA) is 43.8 Å². The van der Waals surface area contributed by atoms with E-state index in [1.807, 2.05) is 42.2 Å². The van der Waals surface area contributed by atoms with Gasteiger partial charge in [0.2, 0.25) is 0 Å². The van der Waals surface area contributed by atoms with Crippen molar-refractivity contribution >= 4 is 23.4 Å². The largest absolute Gasteiger partial charge is 0.338 e. The van der Waals surface area contributed by atoms with Gasteiger partial charge < -0.3 is 10.3 Å². The van der Waals surface area contributed by atoms with Gasteiger partial charge in [-0.15, -0.1) is 11.8 Å². The first kappa shape index (κ1) is 14.4. The SMILES string of the molecule is Cn1ccnc1CCC(N)CSc1cccc(Cl)c1. The summed E-state index contributed by atoms with van der Waals surface area (Å²) >= 11 is 7.70. The summed E-state index contributed by atoms with van der Waals surface area (Å²) in [5.74, 6) is 1.98. The number of thioether (sulfide) groups is 1. The molecule has 0 spiro atoms. The minimum atomic E-state index is 0.167. The monoisotopic (exact) mass is 295 g/mol. The highest BCUT2D eigenvalue weighted by Crippen LogP contribution is 2.22. The smallest absolute Gasteiger partial charge is 0.108 e. The lowest BCUT2D eigenvalue weighted by atomic mass is 10.2. The van der Waals surface area contributed by atoms with E-state index in [0.717, 1.165) is 29.4 Å². The molecule has 1 unspecified atom stereocenters. The first-order valence-electron chi connectivity index (χ1n) is 6.25. The molecule has 1 atom stereocenters. The van der Waals surface area contributed by atoms with Crippen molar-refractivity contribution < 1.29 is 0 Å². The van der Waals surface area contributed by atoms with Crippen LogP contribution in [0.2, 0.25) is 5.02 Å². The molecule has 5 heteroatoms. The van der Waals surface area contributed by atoms with Gasteiger partial charge in [-0.25, -0.2) is 4.98 Å². The molecule has 0 bridgehead atoms. The second kappa shape index (κ2) is 6.98. The Kier molecular flexibility index (Phi) is 5.31. The molecule has 2 rings (SSSR count). The number of hydrogen-bond acceptors (Lipinski definition) is 3. The van der Waals surface area contributed by atoms with Crippen LogP contribution in [0.25, 0.3) is 0 Å². The van der Waals surface area contributed by atoms with Crippen LogP contribution < -0.4 is 5.73 Å². The van der Waals surface area contributed by atoms with Gasteiger partial charge in [0, 0.05) is 47.6 Å². The van der Waals surface area contributed by atoms with E-state index in [1.165, 1.54) is 4.90 Å². The number of nitrogens with two attached hydrogens (primary N) is 1. The first-order chi connectivity index (χ1) is 9.15. The van der Waals surface area contributed by atoms with Crippen LogP contribution in [0.4, 0.5) is 0 Å². The lowest BCUT2D eigenvalue weighted by Gasteiger charge is -2.11. The summed E-state index contributed by atoms with van der Waals surface area (Å²) in [4.78, 5) is 5.47. The highest BCUT2D eigenvalue weighted by molar-refractivity contribution is 7.99. The van der Waals surface area contributed by atoms with Crippen LogP contribution in [0.5, 0.6) is 0 Å². The third-order valence-corrected chi connectivity index (χ3v) is 4.34. The van der Waals surface area contributed by atoms with E-state index in [0.29, 0.717) is 0 Å². The Labute approximate surface area is 123 Å². The number of aryl methyl sites for hydroxylation is 2. The van der Waals surface area contributed by atoms with Crippen LogP contribution in [0, 0.1) is 0 Å². The average molecular weight is 296 g/mol. The van der Waals surface area contributed by atoms with Crippen LogP contribution in [-0.4, -0.2) is 21.3 Å². The Morgan fingerprint density at radius 2 is 2.32 bits per heavy atom. The van der Waals surface area contributed by atoms with E-state index in [1.54, 1.807) is 11.8 Å². The predicted molar refractivity (Wildman–Crippen MR) is 81.7 cm³/mol. The van der Waals surface area contributed by atoms with Crippen molar-refractivity contribution in [3.8, 4) is 0 Å². The second-order valence-corrected chi connectivity index (χ2v) is 6.05. The van der Waals surface area contributed by atoms with Gasteiger partial charge in [-0.05, 0) is 24.6 Å². The maximum absolute atomic E-state index is 6.14. The second-order valence-electron chi connectivity index (χ2n) is 4.52. The number of nitrogens with zero attached hydrogens (tertiary/aromatic N) is 2. The fourth-order valence-electron chi connectivity index (χ4n) is 1.80. The molecule has 1 aromatic carbocycles. The van der Waals surface area contributed by atoms with Crippen LogP contribution in [0.15, 0.2) is 41.6 Å². The Hall–Kier alpha value is -0.970. The standard InChI is InChI=1S/C14H18ClN3S/c1-18-8-7-17-14(18)6-5-12(16)10-19-13-4-2-3-11(15)9-13/h2-4,7-9,12H,5-6,10,16H2,1H3. The molecule has 102 valence electrons. The Balaban J connectivity index is 1.76. The van der Waals surface area contributed by atoms with Gasteiger partial charge in [0.1, 0.15) is 5.82 Å². The Bertz CT molecular complexity index is 527. The third-order valence-electron chi connectivity index (χ3n) is 2.92. The van der Waals surface area contributed by atoms with Crippen molar-refractivity contribution in [3.63, 3.8) is 0 Å². The van der Waals surface area contributed by atoms with E-state index < -0.39 is 0 Å². The van der Waals surface area contributed by atoms with Crippen LogP contribution in [0.1, 0.15) is 12.2 Å². The number of aromatic nitrogens is 2. The molecule has 0 fully saturated rings. The summed E-state index contributed by atoms with van der Waals surface area (Å²) < 4.78 is 2.04. The highest BCUT2D eigenvalue weighted by atomic mass is 35.5. The lowest BCUT2D eigenvalue weighted by molar-refractivity contribution is 0.639. The molecule has 0 saturated heterocycles. The fourth-order valence-corrected chi connectivity index (χ4v) is 3.01. The predicted octanol–water partition coefficient (Wildman–Crippen LogP) is 3.13. The minimum Gasteiger partial charge on any atom is -0.338 e. The fraction of sp³-hybridized carbons (Fsp3) is 0.357. The van der Waals surface area contributed by atoms with Gasteiger partial charge in [-0.2, -0.15) is 0 Å². The number of rotatable bonds is 6. The van der Waals surface area contributed by atoms with Crippen molar-refractivity contribution in [3.05, 3.63) is 47.5 Å². The molecule has 0 aliphatic rings. The van der Waals surface area contributed by atoms with Gasteiger partial charge in [0.15, 0.2) is 0 Å². The normalized spacial score (nSPS) is 12.6. The van der Waals surface area contributed by atoms with Crippen LogP contribution in [0.3, 0.4) is 0 Å². The molecule has 1 aromatic heterocycles. The van der Waals surface area contributed by atoms with Crippen molar-refractivity contribution in [1.82, 2.24) is 9.55 Å². The molecule has 2 aromatic rings. The van der Waals surface area contributed by atoms with E-state index in [-0.39, 0.29) is 6.04 Å². The van der Waals surface area contributed by atoms with Crippen molar-refractivity contribution in [2.24, 2.45) is 12.8 Å². The number of halogens is 1. The molecule has 2 N–H and O–H groups in total. The molecule has 0 radical (unpaired) electrons. The van der Waals surface area contributed by atoms with E-state index in [9.17, 15) is 0 Å². The summed E-state index contributed by atoms with van der Waals surface area (Å²) in [6, 6.07) is 8.04. The van der Waals surface area contributed by atoms with Gasteiger partial charge >= 0.3 is 0 Å². The molecule has 1 heterocycles. The molecule has 0 aliphatic heterocycles. The Morgan fingerprint density at radius 1 is 1.47 bits per heavy atom. The molecule has 0 amide bonds. The zero-order valence-corrected chi connectivity index (χ0v) is 12.5. The summed E-state index contributed by atoms with van der Waals surface area (Å²) in [5, 5.41) is 0.770. The maximum atomic E-state index is 6.14. The molecule has 0 saturated carbocycles. The van der Waals surface area contributed by atoms with Crippen molar-refractivity contribution in [1.29, 1.82) is 0 Å². The average Bonchev–Trinajstić information content (AvgIpc) is 2.80. The quantitative estimate of drug-likeness (QED) is 0.833. The van der Waals surface area contributed by atoms with Crippen molar-refractivity contribution in [2.45, 2.75) is 23.8 Å². The summed E-state index contributed by atoms with van der Waals surface area (Å²) in [6.07, 6.45) is 5.64. The molecule has 0 aliphatic carbocycles. The summed E-state index contributed by atoms with van der Waals surface area (Å²) in [7, 11) is 2.01. The Morgan fingerprint density at radius 3 is 3.00 bits per heavy atom. The summed E-state index contributed by atoms with van der Waals surface area (Å²) in [6.45, 7) is 0.